The normalized spacial score (nSPS) is 11.7. The van der Waals surface area contributed by atoms with Gasteiger partial charge in [-0.05, 0) is 6.26 Å². The fourth-order valence-corrected chi connectivity index (χ4v) is 1.97. The Morgan fingerprint density at radius 2 is 2.23 bits per heavy atom. The molecule has 0 aliphatic carbocycles. The Balaban J connectivity index is 2.90. The topological polar surface area (TPSA) is 30.0 Å². The average Bonchev–Trinajstić information content (AvgIpc) is 2.48. The standard InChI is InChI=1S/C6H4F3NOS2/c1-12-5-10-2-3(13-5)4(11)6(7,8)9/h2H,1H3. The van der Waals surface area contributed by atoms with Crippen LogP contribution in [0, 0.1) is 0 Å². The molecule has 1 aromatic heterocycles. The molecule has 0 N–H and O–H groups in total. The summed E-state index contributed by atoms with van der Waals surface area (Å²) in [5.41, 5.74) is 0. The van der Waals surface area contributed by atoms with Crippen molar-refractivity contribution in [2.45, 2.75) is 10.5 Å². The van der Waals surface area contributed by atoms with Crippen LogP contribution in [0.3, 0.4) is 0 Å². The summed E-state index contributed by atoms with van der Waals surface area (Å²) in [4.78, 5) is 13.9. The SMILES string of the molecule is CSc1ncc(C(=O)C(F)(F)F)s1. The molecule has 72 valence electrons. The summed E-state index contributed by atoms with van der Waals surface area (Å²) in [6.07, 6.45) is -2.17. The second kappa shape index (κ2) is 3.67. The molecule has 0 fully saturated rings. The fourth-order valence-electron chi connectivity index (χ4n) is 0.597. The number of halogens is 3. The highest BCUT2D eigenvalue weighted by Crippen LogP contribution is 2.28. The lowest BCUT2D eigenvalue weighted by atomic mass is 10.3. The molecule has 0 saturated heterocycles. The molecular weight excluding hydrogens is 223 g/mol. The van der Waals surface area contributed by atoms with E-state index >= 15 is 0 Å². The minimum Gasteiger partial charge on any atom is -0.283 e. The van der Waals surface area contributed by atoms with Gasteiger partial charge in [0, 0.05) is 0 Å². The summed E-state index contributed by atoms with van der Waals surface area (Å²) in [6, 6.07) is 0. The molecule has 1 heterocycles. The summed E-state index contributed by atoms with van der Waals surface area (Å²) >= 11 is 1.96. The maximum absolute atomic E-state index is 11.9. The molecule has 1 aromatic rings. The Bertz CT molecular complexity index is 320. The number of carbonyl (C=O) groups is 1. The van der Waals surface area contributed by atoms with Gasteiger partial charge in [-0.1, -0.05) is 11.8 Å². The van der Waals surface area contributed by atoms with Gasteiger partial charge in [-0.15, -0.1) is 11.3 Å². The number of thioether (sulfide) groups is 1. The van der Waals surface area contributed by atoms with E-state index in [1.54, 1.807) is 6.26 Å². The molecular formula is C6H4F3NOS2. The van der Waals surface area contributed by atoms with Gasteiger partial charge in [0.15, 0.2) is 0 Å². The first kappa shape index (κ1) is 10.5. The fraction of sp³-hybridized carbons (Fsp3) is 0.333. The zero-order valence-corrected chi connectivity index (χ0v) is 8.02. The van der Waals surface area contributed by atoms with Crippen molar-refractivity contribution in [1.29, 1.82) is 0 Å². The monoisotopic (exact) mass is 227 g/mol. The van der Waals surface area contributed by atoms with E-state index < -0.39 is 12.0 Å². The van der Waals surface area contributed by atoms with Crippen LogP contribution < -0.4 is 0 Å². The molecule has 0 unspecified atom stereocenters. The summed E-state index contributed by atoms with van der Waals surface area (Å²) < 4.78 is 36.1. The molecule has 1 rings (SSSR count). The predicted octanol–water partition coefficient (Wildman–Crippen LogP) is 2.61. The number of hydrogen-bond donors (Lipinski definition) is 0. The minimum atomic E-state index is -4.80. The largest absolute Gasteiger partial charge is 0.455 e. The van der Waals surface area contributed by atoms with Crippen LogP contribution in [0.25, 0.3) is 0 Å². The van der Waals surface area contributed by atoms with Crippen molar-refractivity contribution in [2.75, 3.05) is 6.26 Å². The van der Waals surface area contributed by atoms with Gasteiger partial charge in [0.2, 0.25) is 0 Å². The quantitative estimate of drug-likeness (QED) is 0.574. The third-order valence-corrected chi connectivity index (χ3v) is 3.14. The van der Waals surface area contributed by atoms with E-state index in [1.165, 1.54) is 11.8 Å². The second-order valence-corrected chi connectivity index (χ2v) is 4.11. The molecule has 0 aliphatic rings. The number of alkyl halides is 3. The molecule has 2 nitrogen and oxygen atoms in total. The first-order valence-corrected chi connectivity index (χ1v) is 5.10. The maximum atomic E-state index is 11.9. The molecule has 13 heavy (non-hydrogen) atoms. The van der Waals surface area contributed by atoms with Gasteiger partial charge >= 0.3 is 6.18 Å². The highest BCUT2D eigenvalue weighted by atomic mass is 32.2. The molecule has 0 atom stereocenters. The van der Waals surface area contributed by atoms with Crippen molar-refractivity contribution in [3.8, 4) is 0 Å². The third-order valence-electron chi connectivity index (χ3n) is 1.14. The number of ketones is 1. The van der Waals surface area contributed by atoms with Gasteiger partial charge in [-0.2, -0.15) is 13.2 Å². The molecule has 0 bridgehead atoms. The van der Waals surface area contributed by atoms with Crippen molar-refractivity contribution in [2.24, 2.45) is 0 Å². The molecule has 0 radical (unpaired) electrons. The van der Waals surface area contributed by atoms with Gasteiger partial charge in [-0.3, -0.25) is 4.79 Å². The van der Waals surface area contributed by atoms with Gasteiger partial charge in [0.25, 0.3) is 5.78 Å². The Morgan fingerprint density at radius 1 is 1.62 bits per heavy atom. The van der Waals surface area contributed by atoms with Crippen LogP contribution in [0.15, 0.2) is 10.5 Å². The first-order valence-electron chi connectivity index (χ1n) is 3.06. The van der Waals surface area contributed by atoms with Crippen molar-refractivity contribution >= 4 is 28.9 Å². The van der Waals surface area contributed by atoms with Gasteiger partial charge in [0.1, 0.15) is 9.22 Å². The van der Waals surface area contributed by atoms with E-state index in [1.807, 2.05) is 0 Å². The van der Waals surface area contributed by atoms with Gasteiger partial charge < -0.3 is 0 Å². The van der Waals surface area contributed by atoms with E-state index in [2.05, 4.69) is 4.98 Å². The minimum absolute atomic E-state index is 0.364. The summed E-state index contributed by atoms with van der Waals surface area (Å²) in [5, 5.41) is 0. The highest BCUT2D eigenvalue weighted by molar-refractivity contribution is 8.00. The number of nitrogens with zero attached hydrogens (tertiary/aromatic N) is 1. The molecule has 0 saturated carbocycles. The van der Waals surface area contributed by atoms with E-state index in [9.17, 15) is 18.0 Å². The number of aromatic nitrogens is 1. The number of hydrogen-bond acceptors (Lipinski definition) is 4. The van der Waals surface area contributed by atoms with Crippen molar-refractivity contribution < 1.29 is 18.0 Å². The van der Waals surface area contributed by atoms with Crippen molar-refractivity contribution in [3.05, 3.63) is 11.1 Å². The number of Topliss-reactive ketones (excluding diaryl/α,β-unsaturated/α-hetero) is 1. The van der Waals surface area contributed by atoms with Crippen LogP contribution in [-0.4, -0.2) is 23.2 Å². The zero-order chi connectivity index (χ0) is 10.1. The Morgan fingerprint density at radius 3 is 2.62 bits per heavy atom. The Labute approximate surface area is 80.2 Å². The van der Waals surface area contributed by atoms with Crippen LogP contribution in [0.1, 0.15) is 9.67 Å². The smallest absolute Gasteiger partial charge is 0.283 e. The lowest BCUT2D eigenvalue weighted by Gasteiger charge is -2.00. The predicted molar refractivity (Wildman–Crippen MR) is 44.3 cm³/mol. The Kier molecular flexibility index (Phi) is 2.97. The highest BCUT2D eigenvalue weighted by Gasteiger charge is 2.40. The van der Waals surface area contributed by atoms with E-state index in [0.29, 0.717) is 4.34 Å². The lowest BCUT2D eigenvalue weighted by Crippen LogP contribution is -2.21. The molecule has 0 aromatic carbocycles. The number of rotatable bonds is 2. The molecule has 0 aliphatic heterocycles. The molecule has 0 spiro atoms. The first-order chi connectivity index (χ1) is 5.95. The maximum Gasteiger partial charge on any atom is 0.455 e. The van der Waals surface area contributed by atoms with Crippen LogP contribution in [-0.2, 0) is 0 Å². The van der Waals surface area contributed by atoms with Crippen molar-refractivity contribution in [1.82, 2.24) is 4.98 Å². The van der Waals surface area contributed by atoms with Crippen molar-refractivity contribution in [3.63, 3.8) is 0 Å². The van der Waals surface area contributed by atoms with Crippen LogP contribution in [0.4, 0.5) is 13.2 Å². The van der Waals surface area contributed by atoms with E-state index in [-0.39, 0.29) is 4.88 Å². The molecule has 0 amide bonds. The number of carbonyl (C=O) groups excluding carboxylic acids is 1. The summed E-state index contributed by atoms with van der Waals surface area (Å²) in [6.45, 7) is 0. The van der Waals surface area contributed by atoms with Crippen LogP contribution in [0.2, 0.25) is 0 Å². The number of thiazole rings is 1. The summed E-state index contributed by atoms with van der Waals surface area (Å²) in [5.74, 6) is -1.83. The molecule has 7 heteroatoms. The Hall–Kier alpha value is -0.560. The average molecular weight is 227 g/mol. The lowest BCUT2D eigenvalue weighted by molar-refractivity contribution is -0.0882. The third kappa shape index (κ3) is 2.44. The van der Waals surface area contributed by atoms with E-state index in [4.69, 9.17) is 0 Å². The van der Waals surface area contributed by atoms with Gasteiger partial charge in [-0.25, -0.2) is 4.98 Å². The van der Waals surface area contributed by atoms with Gasteiger partial charge in [0.05, 0.1) is 6.20 Å². The van der Waals surface area contributed by atoms with E-state index in [0.717, 1.165) is 17.5 Å². The second-order valence-electron chi connectivity index (χ2n) is 2.02. The van der Waals surface area contributed by atoms with Crippen LogP contribution in [0.5, 0.6) is 0 Å². The van der Waals surface area contributed by atoms with Crippen LogP contribution >= 0.6 is 23.1 Å². The zero-order valence-electron chi connectivity index (χ0n) is 6.38. The summed E-state index contributed by atoms with van der Waals surface area (Å²) in [7, 11) is 0.